The molecular formula is C22H22ClN3O2S. The predicted molar refractivity (Wildman–Crippen MR) is 119 cm³/mol. The van der Waals surface area contributed by atoms with Gasteiger partial charge in [-0.2, -0.15) is 0 Å². The van der Waals surface area contributed by atoms with Crippen LogP contribution in [0.1, 0.15) is 48.7 Å². The molecule has 29 heavy (non-hydrogen) atoms. The summed E-state index contributed by atoms with van der Waals surface area (Å²) in [5, 5.41) is 3.16. The monoisotopic (exact) mass is 427 g/mol. The number of nitrogens with zero attached hydrogens (tertiary/aromatic N) is 2. The lowest BCUT2D eigenvalue weighted by Crippen LogP contribution is -2.54. The fourth-order valence-electron chi connectivity index (χ4n) is 4.34. The van der Waals surface area contributed by atoms with E-state index >= 15 is 0 Å². The van der Waals surface area contributed by atoms with Crippen LogP contribution in [0.5, 0.6) is 0 Å². The molecule has 1 aliphatic carbocycles. The molecule has 150 valence electrons. The molecule has 1 N–H and O–H groups in total. The number of aryl methyl sites for hydroxylation is 1. The van der Waals surface area contributed by atoms with Gasteiger partial charge in [-0.3, -0.25) is 19.8 Å². The number of hydrogen-bond donors (Lipinski definition) is 1. The zero-order valence-electron chi connectivity index (χ0n) is 16.4. The largest absolute Gasteiger partial charge is 0.346 e. The first-order chi connectivity index (χ1) is 13.9. The number of anilines is 1. The number of aromatic nitrogens is 1. The van der Waals surface area contributed by atoms with Crippen LogP contribution in [-0.4, -0.2) is 21.5 Å². The molecule has 2 fully saturated rings. The Bertz CT molecular complexity index is 1050. The maximum atomic E-state index is 13.2. The van der Waals surface area contributed by atoms with Gasteiger partial charge in [-0.05, 0) is 74.8 Å². The van der Waals surface area contributed by atoms with Crippen molar-refractivity contribution in [2.45, 2.75) is 45.6 Å². The maximum Gasteiger partial charge on any atom is 0.270 e. The van der Waals surface area contributed by atoms with Crippen LogP contribution in [0.2, 0.25) is 5.02 Å². The molecule has 5 nitrogen and oxygen atoms in total. The molecule has 1 aliphatic heterocycles. The molecule has 0 atom stereocenters. The van der Waals surface area contributed by atoms with Crippen molar-refractivity contribution < 1.29 is 9.59 Å². The minimum absolute atomic E-state index is 0.0517. The van der Waals surface area contributed by atoms with Gasteiger partial charge in [-0.15, -0.1) is 0 Å². The summed E-state index contributed by atoms with van der Waals surface area (Å²) in [5.74, 6) is -0.935. The average Bonchev–Trinajstić information content (AvgIpc) is 3.26. The molecule has 7 heteroatoms. The van der Waals surface area contributed by atoms with Crippen LogP contribution in [-0.2, 0) is 9.59 Å². The number of amides is 2. The number of rotatable bonds is 3. The zero-order valence-corrected chi connectivity index (χ0v) is 17.9. The van der Waals surface area contributed by atoms with Crippen molar-refractivity contribution in [3.63, 3.8) is 0 Å². The van der Waals surface area contributed by atoms with E-state index in [1.165, 1.54) is 30.6 Å². The van der Waals surface area contributed by atoms with Gasteiger partial charge in [0.2, 0.25) is 0 Å². The number of carbonyl (C=O) groups is 2. The molecule has 2 aliphatic rings. The van der Waals surface area contributed by atoms with E-state index < -0.39 is 11.8 Å². The summed E-state index contributed by atoms with van der Waals surface area (Å²) in [4.78, 5) is 27.1. The molecule has 1 aromatic heterocycles. The number of benzene rings is 1. The Morgan fingerprint density at radius 1 is 1.17 bits per heavy atom. The lowest BCUT2D eigenvalue weighted by atomic mass is 10.1. The zero-order chi connectivity index (χ0) is 20.7. The Morgan fingerprint density at radius 2 is 1.90 bits per heavy atom. The summed E-state index contributed by atoms with van der Waals surface area (Å²) in [6.07, 6.45) is 6.49. The van der Waals surface area contributed by atoms with E-state index in [0.717, 1.165) is 17.0 Å². The first-order valence-electron chi connectivity index (χ1n) is 9.72. The van der Waals surface area contributed by atoms with Crippen LogP contribution in [0.4, 0.5) is 5.69 Å². The third-order valence-electron chi connectivity index (χ3n) is 5.68. The maximum absolute atomic E-state index is 13.2. The highest BCUT2D eigenvalue weighted by atomic mass is 35.5. The topological polar surface area (TPSA) is 54.3 Å². The van der Waals surface area contributed by atoms with Gasteiger partial charge in [0.25, 0.3) is 11.8 Å². The number of thiocarbonyl (C=S) groups is 1. The molecule has 2 amide bonds. The van der Waals surface area contributed by atoms with Gasteiger partial charge in [0.15, 0.2) is 5.11 Å². The number of halogens is 1. The van der Waals surface area contributed by atoms with Crippen LogP contribution in [0.25, 0.3) is 6.08 Å². The second-order valence-electron chi connectivity index (χ2n) is 7.57. The Balaban J connectivity index is 1.73. The highest BCUT2D eigenvalue weighted by Gasteiger charge is 2.35. The van der Waals surface area contributed by atoms with E-state index in [9.17, 15) is 9.59 Å². The highest BCUT2D eigenvalue weighted by molar-refractivity contribution is 7.80. The van der Waals surface area contributed by atoms with Crippen molar-refractivity contribution in [3.8, 4) is 0 Å². The Hall–Kier alpha value is -2.44. The Morgan fingerprint density at radius 3 is 2.59 bits per heavy atom. The van der Waals surface area contributed by atoms with Crippen molar-refractivity contribution in [2.24, 2.45) is 0 Å². The quantitative estimate of drug-likeness (QED) is 0.438. The molecule has 0 spiro atoms. The van der Waals surface area contributed by atoms with Gasteiger partial charge in [0.1, 0.15) is 5.57 Å². The minimum Gasteiger partial charge on any atom is -0.346 e. The van der Waals surface area contributed by atoms with E-state index in [1.54, 1.807) is 30.3 Å². The predicted octanol–water partition coefficient (Wildman–Crippen LogP) is 4.70. The summed E-state index contributed by atoms with van der Waals surface area (Å²) in [6, 6.07) is 9.37. The van der Waals surface area contributed by atoms with Gasteiger partial charge >= 0.3 is 0 Å². The van der Waals surface area contributed by atoms with Gasteiger partial charge < -0.3 is 4.57 Å². The van der Waals surface area contributed by atoms with E-state index in [0.29, 0.717) is 16.8 Å². The van der Waals surface area contributed by atoms with Gasteiger partial charge in [-0.25, -0.2) is 0 Å². The molecule has 0 radical (unpaired) electrons. The van der Waals surface area contributed by atoms with E-state index in [-0.39, 0.29) is 10.7 Å². The molecule has 1 aromatic carbocycles. The molecule has 2 heterocycles. The molecule has 4 rings (SSSR count). The van der Waals surface area contributed by atoms with E-state index in [4.69, 9.17) is 23.8 Å². The first kappa shape index (κ1) is 19.9. The third-order valence-corrected chi connectivity index (χ3v) is 6.20. The van der Waals surface area contributed by atoms with Crippen LogP contribution in [0, 0.1) is 13.8 Å². The molecule has 0 unspecified atom stereocenters. The van der Waals surface area contributed by atoms with Crippen LogP contribution < -0.4 is 10.2 Å². The van der Waals surface area contributed by atoms with E-state index in [1.807, 2.05) is 13.0 Å². The van der Waals surface area contributed by atoms with Crippen LogP contribution >= 0.6 is 23.8 Å². The smallest absolute Gasteiger partial charge is 0.270 e. The van der Waals surface area contributed by atoms with Gasteiger partial charge in [0, 0.05) is 22.5 Å². The van der Waals surface area contributed by atoms with Crippen LogP contribution in [0.15, 0.2) is 35.9 Å². The fraction of sp³-hybridized carbons (Fsp3) is 0.318. The lowest BCUT2D eigenvalue weighted by Gasteiger charge is -2.29. The first-order valence-corrected chi connectivity index (χ1v) is 10.5. The Kier molecular flexibility index (Phi) is 5.32. The molecular weight excluding hydrogens is 406 g/mol. The summed E-state index contributed by atoms with van der Waals surface area (Å²) >= 11 is 11.3. The summed E-state index contributed by atoms with van der Waals surface area (Å²) in [7, 11) is 0. The molecule has 2 aromatic rings. The SMILES string of the molecule is Cc1cc(/C=C2/C(=O)NC(=S)N(c3cccc(Cl)c3)C2=O)c(C)n1C1CCCC1. The minimum atomic E-state index is -0.482. The number of carbonyl (C=O) groups excluding carboxylic acids is 2. The van der Waals surface area contributed by atoms with Crippen LogP contribution in [0.3, 0.4) is 0 Å². The van der Waals surface area contributed by atoms with Crippen molar-refractivity contribution in [1.82, 2.24) is 9.88 Å². The lowest BCUT2D eigenvalue weighted by molar-refractivity contribution is -0.122. The Labute approximate surface area is 180 Å². The van der Waals surface area contributed by atoms with Crippen molar-refractivity contribution >= 4 is 52.5 Å². The van der Waals surface area contributed by atoms with Crippen molar-refractivity contribution in [3.05, 3.63) is 57.9 Å². The van der Waals surface area contributed by atoms with E-state index in [2.05, 4.69) is 16.8 Å². The average molecular weight is 428 g/mol. The standard InChI is InChI=1S/C22H22ClN3O2S/c1-13-10-15(14(2)25(13)17-7-3-4-8-17)11-19-20(27)24-22(29)26(21(19)28)18-9-5-6-16(23)12-18/h5-6,9-12,17H,3-4,7-8H2,1-2H3,(H,24,27,29)/b19-11-. The van der Waals surface area contributed by atoms with Gasteiger partial charge in [-0.1, -0.05) is 30.5 Å². The highest BCUT2D eigenvalue weighted by Crippen LogP contribution is 2.34. The second-order valence-corrected chi connectivity index (χ2v) is 8.40. The summed E-state index contributed by atoms with van der Waals surface area (Å²) in [6.45, 7) is 4.12. The molecule has 1 saturated carbocycles. The fourth-order valence-corrected chi connectivity index (χ4v) is 4.80. The normalized spacial score (nSPS) is 19.3. The summed E-state index contributed by atoms with van der Waals surface area (Å²) < 4.78 is 2.34. The summed E-state index contributed by atoms with van der Waals surface area (Å²) in [5.41, 5.74) is 3.68. The van der Waals surface area contributed by atoms with Gasteiger partial charge in [0.05, 0.1) is 5.69 Å². The number of hydrogen-bond acceptors (Lipinski definition) is 3. The molecule has 1 saturated heterocycles. The van der Waals surface area contributed by atoms with Crippen molar-refractivity contribution in [2.75, 3.05) is 4.90 Å². The number of nitrogens with one attached hydrogen (secondary N) is 1. The molecule has 0 bridgehead atoms. The second kappa shape index (κ2) is 7.76. The van der Waals surface area contributed by atoms with Crippen molar-refractivity contribution in [1.29, 1.82) is 0 Å². The third kappa shape index (κ3) is 3.63.